The molecule has 1 saturated heterocycles. The molecular weight excluding hydrogens is 553 g/mol. The van der Waals surface area contributed by atoms with Gasteiger partial charge >= 0.3 is 6.09 Å². The normalized spacial score (nSPS) is 15.6. The Labute approximate surface area is 249 Å². The molecule has 0 radical (unpaired) electrons. The quantitative estimate of drug-likeness (QED) is 0.396. The molecule has 2 aliphatic rings. The van der Waals surface area contributed by atoms with E-state index < -0.39 is 17.3 Å². The van der Waals surface area contributed by atoms with Gasteiger partial charge in [-0.3, -0.25) is 9.59 Å². The number of carbonyl (C=O) groups is 3. The van der Waals surface area contributed by atoms with Gasteiger partial charge in [-0.1, -0.05) is 18.2 Å². The summed E-state index contributed by atoms with van der Waals surface area (Å²) in [5, 5.41) is 11.8. The van der Waals surface area contributed by atoms with Crippen LogP contribution in [0.5, 0.6) is 0 Å². The summed E-state index contributed by atoms with van der Waals surface area (Å²) in [6.07, 6.45) is 5.75. The first kappa shape index (κ1) is 30.1. The highest BCUT2D eigenvalue weighted by Gasteiger charge is 2.40. The molecule has 11 heteroatoms. The number of aliphatic hydroxyl groups excluding tert-OH is 1. The molecule has 2 heterocycles. The van der Waals surface area contributed by atoms with Crippen LogP contribution >= 0.6 is 0 Å². The van der Waals surface area contributed by atoms with Gasteiger partial charge in [-0.25, -0.2) is 19.2 Å². The Balaban J connectivity index is 1.23. The Bertz CT molecular complexity index is 1480. The first-order chi connectivity index (χ1) is 20.5. The number of aromatic nitrogens is 2. The molecule has 3 amide bonds. The fraction of sp³-hybridized carbons (Fsp3) is 0.406. The fourth-order valence-electron chi connectivity index (χ4n) is 5.10. The highest BCUT2D eigenvalue weighted by Crippen LogP contribution is 2.33. The number of aliphatic hydroxyl groups is 1. The van der Waals surface area contributed by atoms with Gasteiger partial charge in [-0.05, 0) is 76.3 Å². The predicted octanol–water partition coefficient (Wildman–Crippen LogP) is 5.03. The van der Waals surface area contributed by atoms with Gasteiger partial charge in [0.15, 0.2) is 5.82 Å². The van der Waals surface area contributed by atoms with Crippen molar-refractivity contribution in [1.29, 1.82) is 0 Å². The Morgan fingerprint density at radius 1 is 1.00 bits per heavy atom. The molecule has 0 atom stereocenters. The molecular formula is C32H36FN5O5. The average Bonchev–Trinajstić information content (AvgIpc) is 3.82. The number of ether oxygens (including phenoxy) is 1. The standard InChI is InChI=1S/C32H36FN5O5/c1-32(2,3)43-31(42)37-14-12-25(13-15-37)38(24-9-10-24)30(41)22-17-34-28(35-18-22)21-6-11-26(27(33)16-21)29(40)36-23-7-4-20(19-39)5-8-23/h4-8,11,16-18,24-25,39H,9-10,12-15,19H2,1-3H3,(H,36,40). The van der Waals surface area contributed by atoms with E-state index in [1.165, 1.54) is 24.5 Å². The lowest BCUT2D eigenvalue weighted by Gasteiger charge is -2.39. The smallest absolute Gasteiger partial charge is 0.410 e. The van der Waals surface area contributed by atoms with Crippen LogP contribution in [0.3, 0.4) is 0 Å². The van der Waals surface area contributed by atoms with Crippen molar-refractivity contribution in [2.75, 3.05) is 18.4 Å². The zero-order valence-electron chi connectivity index (χ0n) is 24.5. The molecule has 1 aliphatic heterocycles. The Morgan fingerprint density at radius 3 is 2.19 bits per heavy atom. The summed E-state index contributed by atoms with van der Waals surface area (Å²) in [6, 6.07) is 10.9. The number of nitrogens with one attached hydrogen (secondary N) is 1. The number of amides is 3. The summed E-state index contributed by atoms with van der Waals surface area (Å²) in [6.45, 7) is 6.43. The molecule has 2 aromatic carbocycles. The maximum absolute atomic E-state index is 14.9. The van der Waals surface area contributed by atoms with E-state index in [9.17, 15) is 18.8 Å². The van der Waals surface area contributed by atoms with Crippen molar-refractivity contribution in [3.05, 3.63) is 77.4 Å². The van der Waals surface area contributed by atoms with Crippen LogP contribution in [0, 0.1) is 5.82 Å². The van der Waals surface area contributed by atoms with E-state index in [0.29, 0.717) is 48.3 Å². The topological polar surface area (TPSA) is 125 Å². The summed E-state index contributed by atoms with van der Waals surface area (Å²) in [5.41, 5.74) is 1.18. The van der Waals surface area contributed by atoms with Gasteiger partial charge in [0.1, 0.15) is 11.4 Å². The molecule has 1 aromatic heterocycles. The molecule has 226 valence electrons. The third-order valence-electron chi connectivity index (χ3n) is 7.45. The van der Waals surface area contributed by atoms with Crippen LogP contribution in [0.1, 0.15) is 72.7 Å². The minimum absolute atomic E-state index is 0.00114. The second kappa shape index (κ2) is 12.5. The highest BCUT2D eigenvalue weighted by molar-refractivity contribution is 6.04. The van der Waals surface area contributed by atoms with Gasteiger partial charge in [0.05, 0.1) is 17.7 Å². The van der Waals surface area contributed by atoms with Crippen molar-refractivity contribution in [3.63, 3.8) is 0 Å². The number of nitrogens with zero attached hydrogens (tertiary/aromatic N) is 4. The molecule has 0 unspecified atom stereocenters. The fourth-order valence-corrected chi connectivity index (χ4v) is 5.10. The molecule has 1 aliphatic carbocycles. The van der Waals surface area contributed by atoms with E-state index >= 15 is 0 Å². The van der Waals surface area contributed by atoms with Crippen molar-refractivity contribution >= 4 is 23.6 Å². The minimum Gasteiger partial charge on any atom is -0.444 e. The van der Waals surface area contributed by atoms with Gasteiger partial charge in [0.2, 0.25) is 0 Å². The number of hydrogen-bond acceptors (Lipinski definition) is 7. The first-order valence-corrected chi connectivity index (χ1v) is 14.5. The van der Waals surface area contributed by atoms with E-state index in [1.807, 2.05) is 25.7 Å². The number of rotatable bonds is 7. The lowest BCUT2D eigenvalue weighted by molar-refractivity contribution is 0.0142. The number of carbonyl (C=O) groups excluding carboxylic acids is 3. The summed E-state index contributed by atoms with van der Waals surface area (Å²) in [7, 11) is 0. The monoisotopic (exact) mass is 589 g/mol. The van der Waals surface area contributed by atoms with Crippen molar-refractivity contribution in [1.82, 2.24) is 19.8 Å². The second-order valence-corrected chi connectivity index (χ2v) is 11.9. The molecule has 2 N–H and O–H groups in total. The highest BCUT2D eigenvalue weighted by atomic mass is 19.1. The van der Waals surface area contributed by atoms with Gasteiger partial charge in [-0.2, -0.15) is 0 Å². The van der Waals surface area contributed by atoms with Crippen molar-refractivity contribution in [2.45, 2.75) is 70.7 Å². The van der Waals surface area contributed by atoms with E-state index in [4.69, 9.17) is 9.84 Å². The van der Waals surface area contributed by atoms with E-state index in [1.54, 1.807) is 35.2 Å². The van der Waals surface area contributed by atoms with Crippen LogP contribution in [0.2, 0.25) is 0 Å². The lowest BCUT2D eigenvalue weighted by Crippen LogP contribution is -2.50. The van der Waals surface area contributed by atoms with Crippen molar-refractivity contribution in [2.24, 2.45) is 0 Å². The number of benzene rings is 2. The van der Waals surface area contributed by atoms with Crippen molar-refractivity contribution in [3.8, 4) is 11.4 Å². The molecule has 0 bridgehead atoms. The predicted molar refractivity (Wildman–Crippen MR) is 158 cm³/mol. The SMILES string of the molecule is CC(C)(C)OC(=O)N1CCC(N(C(=O)c2cnc(-c3ccc(C(=O)Nc4ccc(CO)cc4)c(F)c3)nc2)C2CC2)CC1. The number of piperidine rings is 1. The molecule has 2 fully saturated rings. The molecule has 1 saturated carbocycles. The number of likely N-dealkylation sites (tertiary alicyclic amines) is 1. The Kier molecular flexibility index (Phi) is 8.72. The van der Waals surface area contributed by atoms with Gasteiger partial charge in [-0.15, -0.1) is 0 Å². The lowest BCUT2D eigenvalue weighted by atomic mass is 10.0. The zero-order valence-corrected chi connectivity index (χ0v) is 24.5. The molecule has 10 nitrogen and oxygen atoms in total. The first-order valence-electron chi connectivity index (χ1n) is 14.5. The number of anilines is 1. The number of halogens is 1. The van der Waals surface area contributed by atoms with E-state index in [-0.39, 0.29) is 42.1 Å². The molecule has 3 aromatic rings. The van der Waals surface area contributed by atoms with Crippen LogP contribution < -0.4 is 5.32 Å². The largest absolute Gasteiger partial charge is 0.444 e. The maximum atomic E-state index is 14.9. The summed E-state index contributed by atoms with van der Waals surface area (Å²) in [5.74, 6) is -1.27. The minimum atomic E-state index is -0.733. The third-order valence-corrected chi connectivity index (χ3v) is 7.45. The van der Waals surface area contributed by atoms with Gasteiger partial charge in [0.25, 0.3) is 11.8 Å². The van der Waals surface area contributed by atoms with Crippen LogP contribution in [-0.2, 0) is 11.3 Å². The van der Waals surface area contributed by atoms with Crippen LogP contribution in [0.25, 0.3) is 11.4 Å². The molecule has 43 heavy (non-hydrogen) atoms. The molecule has 5 rings (SSSR count). The average molecular weight is 590 g/mol. The third kappa shape index (κ3) is 7.34. The van der Waals surface area contributed by atoms with Crippen molar-refractivity contribution < 1.29 is 28.6 Å². The van der Waals surface area contributed by atoms with E-state index in [2.05, 4.69) is 15.3 Å². The number of hydrogen-bond donors (Lipinski definition) is 2. The second-order valence-electron chi connectivity index (χ2n) is 11.9. The summed E-state index contributed by atoms with van der Waals surface area (Å²) < 4.78 is 20.4. The van der Waals surface area contributed by atoms with Crippen LogP contribution in [0.15, 0.2) is 54.9 Å². The molecule has 0 spiro atoms. The van der Waals surface area contributed by atoms with E-state index in [0.717, 1.165) is 12.8 Å². The van der Waals surface area contributed by atoms with Gasteiger partial charge < -0.3 is 25.0 Å². The Hall–Kier alpha value is -4.38. The maximum Gasteiger partial charge on any atom is 0.410 e. The van der Waals surface area contributed by atoms with Crippen LogP contribution in [-0.4, -0.2) is 73.6 Å². The Morgan fingerprint density at radius 2 is 1.63 bits per heavy atom. The van der Waals surface area contributed by atoms with Crippen LogP contribution in [0.4, 0.5) is 14.9 Å². The van der Waals surface area contributed by atoms with Gasteiger partial charge in [0, 0.05) is 48.8 Å². The zero-order chi connectivity index (χ0) is 30.7. The summed E-state index contributed by atoms with van der Waals surface area (Å²) in [4.78, 5) is 50.9. The summed E-state index contributed by atoms with van der Waals surface area (Å²) >= 11 is 0.